The standard InChI is InChI=1S/C17H29NO2/c1-4-5-6-7-8-9-12-20-16-11-10-15(14(2)18)13-17(16)19-3/h10-11,13-14H,4-9,12,18H2,1-3H3. The van der Waals surface area contributed by atoms with E-state index in [1.54, 1.807) is 7.11 Å². The normalized spacial score (nSPS) is 12.2. The Morgan fingerprint density at radius 1 is 1.05 bits per heavy atom. The zero-order valence-corrected chi connectivity index (χ0v) is 13.2. The molecule has 1 unspecified atom stereocenters. The predicted octanol–water partition coefficient (Wildman–Crippen LogP) is 4.45. The molecule has 3 nitrogen and oxygen atoms in total. The van der Waals surface area contributed by atoms with E-state index in [2.05, 4.69) is 6.92 Å². The zero-order chi connectivity index (χ0) is 14.8. The molecule has 0 spiro atoms. The molecule has 20 heavy (non-hydrogen) atoms. The van der Waals surface area contributed by atoms with Gasteiger partial charge in [0, 0.05) is 6.04 Å². The molecule has 0 heterocycles. The van der Waals surface area contributed by atoms with Crippen molar-refractivity contribution in [3.8, 4) is 11.5 Å². The summed E-state index contributed by atoms with van der Waals surface area (Å²) < 4.78 is 11.2. The molecule has 0 bridgehead atoms. The molecular formula is C17H29NO2. The van der Waals surface area contributed by atoms with Gasteiger partial charge in [0.05, 0.1) is 13.7 Å². The Labute approximate surface area is 123 Å². The second kappa shape index (κ2) is 9.65. The van der Waals surface area contributed by atoms with E-state index in [1.165, 1.54) is 32.1 Å². The molecule has 1 rings (SSSR count). The van der Waals surface area contributed by atoms with Crippen LogP contribution in [-0.4, -0.2) is 13.7 Å². The van der Waals surface area contributed by atoms with Crippen LogP contribution in [0, 0.1) is 0 Å². The van der Waals surface area contributed by atoms with Crippen LogP contribution in [0.5, 0.6) is 11.5 Å². The molecule has 0 saturated heterocycles. The smallest absolute Gasteiger partial charge is 0.161 e. The van der Waals surface area contributed by atoms with E-state index in [0.29, 0.717) is 0 Å². The van der Waals surface area contributed by atoms with Crippen molar-refractivity contribution in [1.29, 1.82) is 0 Å². The van der Waals surface area contributed by atoms with Crippen molar-refractivity contribution in [3.05, 3.63) is 23.8 Å². The van der Waals surface area contributed by atoms with E-state index < -0.39 is 0 Å². The van der Waals surface area contributed by atoms with Crippen LogP contribution in [0.1, 0.15) is 64.0 Å². The Balaban J connectivity index is 2.36. The average Bonchev–Trinajstić information content (AvgIpc) is 2.46. The summed E-state index contributed by atoms with van der Waals surface area (Å²) in [4.78, 5) is 0. The van der Waals surface area contributed by atoms with E-state index >= 15 is 0 Å². The Bertz CT molecular complexity index is 377. The van der Waals surface area contributed by atoms with Crippen LogP contribution < -0.4 is 15.2 Å². The minimum Gasteiger partial charge on any atom is -0.493 e. The largest absolute Gasteiger partial charge is 0.493 e. The molecule has 0 amide bonds. The Morgan fingerprint density at radius 2 is 1.75 bits per heavy atom. The first-order valence-corrected chi connectivity index (χ1v) is 7.75. The van der Waals surface area contributed by atoms with Crippen molar-refractivity contribution in [2.45, 2.75) is 58.4 Å². The topological polar surface area (TPSA) is 44.5 Å². The third-order valence-corrected chi connectivity index (χ3v) is 3.47. The van der Waals surface area contributed by atoms with Crippen molar-refractivity contribution in [1.82, 2.24) is 0 Å². The number of ether oxygens (including phenoxy) is 2. The lowest BCUT2D eigenvalue weighted by Crippen LogP contribution is -2.06. The van der Waals surface area contributed by atoms with Crippen LogP contribution >= 0.6 is 0 Å². The maximum absolute atomic E-state index is 5.87. The van der Waals surface area contributed by atoms with Gasteiger partial charge in [-0.05, 0) is 31.0 Å². The summed E-state index contributed by atoms with van der Waals surface area (Å²) in [5.41, 5.74) is 6.93. The Hall–Kier alpha value is -1.22. The van der Waals surface area contributed by atoms with Gasteiger partial charge in [-0.25, -0.2) is 0 Å². The Morgan fingerprint density at radius 3 is 2.40 bits per heavy atom. The predicted molar refractivity (Wildman–Crippen MR) is 84.5 cm³/mol. The van der Waals surface area contributed by atoms with Gasteiger partial charge in [-0.2, -0.15) is 0 Å². The van der Waals surface area contributed by atoms with Crippen molar-refractivity contribution < 1.29 is 9.47 Å². The molecule has 1 atom stereocenters. The molecule has 3 heteroatoms. The minimum absolute atomic E-state index is 0.0107. The number of benzene rings is 1. The highest BCUT2D eigenvalue weighted by molar-refractivity contribution is 5.43. The van der Waals surface area contributed by atoms with Gasteiger partial charge in [-0.1, -0.05) is 45.1 Å². The monoisotopic (exact) mass is 279 g/mol. The van der Waals surface area contributed by atoms with E-state index in [0.717, 1.165) is 30.1 Å². The molecule has 2 N–H and O–H groups in total. The molecule has 1 aromatic rings. The fraction of sp³-hybridized carbons (Fsp3) is 0.647. The average molecular weight is 279 g/mol. The molecule has 0 aromatic heterocycles. The van der Waals surface area contributed by atoms with Gasteiger partial charge in [0.2, 0.25) is 0 Å². The van der Waals surface area contributed by atoms with Gasteiger partial charge in [0.25, 0.3) is 0 Å². The number of hydrogen-bond donors (Lipinski definition) is 1. The van der Waals surface area contributed by atoms with Gasteiger partial charge < -0.3 is 15.2 Å². The fourth-order valence-electron chi connectivity index (χ4n) is 2.15. The number of hydrogen-bond acceptors (Lipinski definition) is 3. The first-order valence-electron chi connectivity index (χ1n) is 7.75. The van der Waals surface area contributed by atoms with Crippen LogP contribution in [0.3, 0.4) is 0 Å². The molecule has 0 radical (unpaired) electrons. The van der Waals surface area contributed by atoms with Gasteiger partial charge in [0.15, 0.2) is 11.5 Å². The third kappa shape index (κ3) is 5.83. The fourth-order valence-corrected chi connectivity index (χ4v) is 2.15. The summed E-state index contributed by atoms with van der Waals surface area (Å²) >= 11 is 0. The van der Waals surface area contributed by atoms with E-state index in [9.17, 15) is 0 Å². The second-order valence-electron chi connectivity index (χ2n) is 5.32. The van der Waals surface area contributed by atoms with Crippen molar-refractivity contribution in [2.75, 3.05) is 13.7 Å². The number of methoxy groups -OCH3 is 1. The molecule has 114 valence electrons. The third-order valence-electron chi connectivity index (χ3n) is 3.47. The minimum atomic E-state index is 0.0107. The lowest BCUT2D eigenvalue weighted by atomic mass is 10.1. The molecule has 0 aliphatic rings. The summed E-state index contributed by atoms with van der Waals surface area (Å²) in [5.74, 6) is 1.58. The first-order chi connectivity index (χ1) is 9.69. The molecule has 1 aromatic carbocycles. The SMILES string of the molecule is CCCCCCCCOc1ccc(C(C)N)cc1OC. The highest BCUT2D eigenvalue weighted by atomic mass is 16.5. The summed E-state index contributed by atoms with van der Waals surface area (Å²) in [7, 11) is 1.66. The van der Waals surface area contributed by atoms with Crippen LogP contribution in [-0.2, 0) is 0 Å². The zero-order valence-electron chi connectivity index (χ0n) is 13.2. The van der Waals surface area contributed by atoms with Gasteiger partial charge in [-0.15, -0.1) is 0 Å². The van der Waals surface area contributed by atoms with Crippen molar-refractivity contribution >= 4 is 0 Å². The van der Waals surface area contributed by atoms with Crippen molar-refractivity contribution in [3.63, 3.8) is 0 Å². The lowest BCUT2D eigenvalue weighted by molar-refractivity contribution is 0.284. The van der Waals surface area contributed by atoms with Crippen LogP contribution in [0.25, 0.3) is 0 Å². The first kappa shape index (κ1) is 16.8. The molecule has 0 aliphatic heterocycles. The highest BCUT2D eigenvalue weighted by Crippen LogP contribution is 2.29. The van der Waals surface area contributed by atoms with Crippen LogP contribution in [0.15, 0.2) is 18.2 Å². The summed E-state index contributed by atoms with van der Waals surface area (Å²) in [6.07, 6.45) is 7.61. The number of rotatable bonds is 10. The lowest BCUT2D eigenvalue weighted by Gasteiger charge is -2.13. The van der Waals surface area contributed by atoms with Gasteiger partial charge in [-0.3, -0.25) is 0 Å². The number of nitrogens with two attached hydrogens (primary N) is 1. The molecule has 0 saturated carbocycles. The highest BCUT2D eigenvalue weighted by Gasteiger charge is 2.07. The van der Waals surface area contributed by atoms with E-state index in [-0.39, 0.29) is 6.04 Å². The van der Waals surface area contributed by atoms with Crippen molar-refractivity contribution in [2.24, 2.45) is 5.73 Å². The van der Waals surface area contributed by atoms with Crippen LogP contribution in [0.4, 0.5) is 0 Å². The summed E-state index contributed by atoms with van der Waals surface area (Å²) in [5, 5.41) is 0. The molecule has 0 aliphatic carbocycles. The number of unbranched alkanes of at least 4 members (excludes halogenated alkanes) is 5. The second-order valence-corrected chi connectivity index (χ2v) is 5.32. The summed E-state index contributed by atoms with van der Waals surface area (Å²) in [6, 6.07) is 5.93. The van der Waals surface area contributed by atoms with Gasteiger partial charge >= 0.3 is 0 Å². The maximum atomic E-state index is 5.87. The Kier molecular flexibility index (Phi) is 8.12. The maximum Gasteiger partial charge on any atom is 0.161 e. The summed E-state index contributed by atoms with van der Waals surface area (Å²) in [6.45, 7) is 4.95. The van der Waals surface area contributed by atoms with Gasteiger partial charge in [0.1, 0.15) is 0 Å². The van der Waals surface area contributed by atoms with E-state index in [1.807, 2.05) is 25.1 Å². The molecule has 0 fully saturated rings. The van der Waals surface area contributed by atoms with Crippen LogP contribution in [0.2, 0.25) is 0 Å². The molecular weight excluding hydrogens is 250 g/mol. The quantitative estimate of drug-likeness (QED) is 0.643. The van der Waals surface area contributed by atoms with E-state index in [4.69, 9.17) is 15.2 Å².